The van der Waals surface area contributed by atoms with Crippen molar-refractivity contribution in [3.05, 3.63) is 34.9 Å². The highest BCUT2D eigenvalue weighted by molar-refractivity contribution is 6.30. The van der Waals surface area contributed by atoms with Crippen LogP contribution in [0.2, 0.25) is 5.02 Å². The van der Waals surface area contributed by atoms with Gasteiger partial charge in [-0.15, -0.1) is 0 Å². The number of halogens is 1. The van der Waals surface area contributed by atoms with Gasteiger partial charge in [0.2, 0.25) is 5.91 Å². The summed E-state index contributed by atoms with van der Waals surface area (Å²) in [6.07, 6.45) is 1.23. The monoisotopic (exact) mass is 380 g/mol. The highest BCUT2D eigenvalue weighted by Gasteiger charge is 2.35. The van der Waals surface area contributed by atoms with Gasteiger partial charge in [0.05, 0.1) is 6.10 Å². The lowest BCUT2D eigenvalue weighted by Gasteiger charge is -2.39. The quantitative estimate of drug-likeness (QED) is 0.830. The first kappa shape index (κ1) is 19.1. The van der Waals surface area contributed by atoms with Crippen LogP contribution in [0.25, 0.3) is 0 Å². The smallest absolute Gasteiger partial charge is 0.253 e. The fraction of sp³-hybridized carbons (Fsp3) is 0.579. The van der Waals surface area contributed by atoms with Gasteiger partial charge in [-0.25, -0.2) is 0 Å². The number of aliphatic hydroxyl groups is 2. The van der Waals surface area contributed by atoms with E-state index in [0.717, 1.165) is 0 Å². The zero-order chi connectivity index (χ0) is 18.7. The van der Waals surface area contributed by atoms with Gasteiger partial charge in [-0.3, -0.25) is 9.59 Å². The highest BCUT2D eigenvalue weighted by atomic mass is 35.5. The van der Waals surface area contributed by atoms with E-state index in [1.165, 1.54) is 0 Å². The topological polar surface area (TPSA) is 81.1 Å². The Kier molecular flexibility index (Phi) is 6.16. The van der Waals surface area contributed by atoms with Crippen LogP contribution in [-0.2, 0) is 4.79 Å². The summed E-state index contributed by atoms with van der Waals surface area (Å²) in [6, 6.07) is 6.84. The first-order chi connectivity index (χ1) is 12.5. The molecule has 2 N–H and O–H groups in total. The van der Waals surface area contributed by atoms with E-state index in [1.807, 2.05) is 0 Å². The first-order valence-electron chi connectivity index (χ1n) is 9.12. The van der Waals surface area contributed by atoms with Crippen molar-refractivity contribution in [3.8, 4) is 0 Å². The summed E-state index contributed by atoms with van der Waals surface area (Å²) < 4.78 is 0. The first-order valence-corrected chi connectivity index (χ1v) is 9.50. The second kappa shape index (κ2) is 8.37. The molecule has 142 valence electrons. The number of hydrogen-bond acceptors (Lipinski definition) is 4. The molecule has 1 aromatic rings. The number of likely N-dealkylation sites (tertiary alicyclic amines) is 2. The number of piperidine rings is 2. The minimum Gasteiger partial charge on any atom is -0.396 e. The van der Waals surface area contributed by atoms with Crippen molar-refractivity contribution in [2.24, 2.45) is 11.8 Å². The molecule has 0 bridgehead atoms. The van der Waals surface area contributed by atoms with Crippen LogP contribution in [0.5, 0.6) is 0 Å². The van der Waals surface area contributed by atoms with Crippen LogP contribution in [0.1, 0.15) is 29.6 Å². The average molecular weight is 381 g/mol. The number of carbonyl (C=O) groups excluding carboxylic acids is 2. The fourth-order valence-corrected chi connectivity index (χ4v) is 3.88. The van der Waals surface area contributed by atoms with Crippen molar-refractivity contribution >= 4 is 23.4 Å². The van der Waals surface area contributed by atoms with E-state index in [9.17, 15) is 19.8 Å². The van der Waals surface area contributed by atoms with Crippen molar-refractivity contribution in [2.75, 3.05) is 32.8 Å². The van der Waals surface area contributed by atoms with Gasteiger partial charge in [-0.2, -0.15) is 0 Å². The number of amides is 2. The number of β-amino-alcohol motifs (C(OH)–C–C–N with tert-alkyl or cyclic N) is 1. The summed E-state index contributed by atoms with van der Waals surface area (Å²) in [4.78, 5) is 28.7. The Balaban J connectivity index is 1.52. The van der Waals surface area contributed by atoms with Crippen LogP contribution in [0.4, 0.5) is 0 Å². The highest BCUT2D eigenvalue weighted by Crippen LogP contribution is 2.25. The normalized spacial score (nSPS) is 24.6. The Hall–Kier alpha value is -1.63. The average Bonchev–Trinajstić information content (AvgIpc) is 2.67. The van der Waals surface area contributed by atoms with Gasteiger partial charge < -0.3 is 20.0 Å². The zero-order valence-electron chi connectivity index (χ0n) is 14.7. The molecule has 7 heteroatoms. The second-order valence-corrected chi connectivity index (χ2v) is 7.59. The molecule has 0 saturated carbocycles. The Bertz CT molecular complexity index is 643. The Morgan fingerprint density at radius 1 is 1.04 bits per heavy atom. The maximum Gasteiger partial charge on any atom is 0.253 e. The lowest BCUT2D eigenvalue weighted by Crippen LogP contribution is -2.51. The van der Waals surface area contributed by atoms with Gasteiger partial charge in [0, 0.05) is 55.2 Å². The molecule has 2 fully saturated rings. The van der Waals surface area contributed by atoms with Crippen LogP contribution < -0.4 is 0 Å². The van der Waals surface area contributed by atoms with E-state index >= 15 is 0 Å². The van der Waals surface area contributed by atoms with Crippen molar-refractivity contribution in [3.63, 3.8) is 0 Å². The largest absolute Gasteiger partial charge is 0.396 e. The van der Waals surface area contributed by atoms with E-state index in [2.05, 4.69) is 0 Å². The van der Waals surface area contributed by atoms with Crippen LogP contribution in [-0.4, -0.2) is 70.7 Å². The maximum atomic E-state index is 12.7. The predicted octanol–water partition coefficient (Wildman–Crippen LogP) is 1.39. The summed E-state index contributed by atoms with van der Waals surface area (Å²) in [7, 11) is 0. The zero-order valence-corrected chi connectivity index (χ0v) is 15.4. The summed E-state index contributed by atoms with van der Waals surface area (Å²) in [6.45, 7) is 1.91. The lowest BCUT2D eigenvalue weighted by molar-refractivity contribution is -0.142. The number of aliphatic hydroxyl groups excluding tert-OH is 2. The molecule has 0 aromatic heterocycles. The second-order valence-electron chi connectivity index (χ2n) is 7.16. The van der Waals surface area contributed by atoms with Crippen LogP contribution in [0.3, 0.4) is 0 Å². The predicted molar refractivity (Wildman–Crippen MR) is 97.9 cm³/mol. The number of benzene rings is 1. The molecule has 2 aliphatic heterocycles. The van der Waals surface area contributed by atoms with E-state index < -0.39 is 6.10 Å². The molecule has 26 heavy (non-hydrogen) atoms. The third kappa shape index (κ3) is 4.19. The molecular weight excluding hydrogens is 356 g/mol. The fourth-order valence-electron chi connectivity index (χ4n) is 3.76. The third-order valence-corrected chi connectivity index (χ3v) is 5.74. The summed E-state index contributed by atoms with van der Waals surface area (Å²) in [5.74, 6) is -0.231. The summed E-state index contributed by atoms with van der Waals surface area (Å²) in [5, 5.41) is 19.8. The Morgan fingerprint density at radius 2 is 1.65 bits per heavy atom. The number of rotatable bonds is 3. The van der Waals surface area contributed by atoms with Crippen molar-refractivity contribution in [1.82, 2.24) is 9.80 Å². The van der Waals surface area contributed by atoms with Crippen LogP contribution >= 0.6 is 11.6 Å². The van der Waals surface area contributed by atoms with Gasteiger partial charge in [-0.05, 0) is 43.5 Å². The minimum atomic E-state index is -0.663. The molecule has 0 spiro atoms. The van der Waals surface area contributed by atoms with Gasteiger partial charge >= 0.3 is 0 Å². The maximum absolute atomic E-state index is 12.7. The Labute approximate surface area is 158 Å². The van der Waals surface area contributed by atoms with Gasteiger partial charge in [0.25, 0.3) is 5.91 Å². The molecule has 0 radical (unpaired) electrons. The SMILES string of the molecule is O=C(c1ccc(Cl)cc1)N1CCC(C(=O)N2CC[C@H](CO)[C@@H](O)C2)CC1. The van der Waals surface area contributed by atoms with Crippen molar-refractivity contribution in [1.29, 1.82) is 0 Å². The van der Waals surface area contributed by atoms with Crippen molar-refractivity contribution < 1.29 is 19.8 Å². The number of carbonyl (C=O) groups is 2. The van der Waals surface area contributed by atoms with Gasteiger partial charge in [-0.1, -0.05) is 11.6 Å². The Morgan fingerprint density at radius 3 is 2.23 bits per heavy atom. The molecule has 0 unspecified atom stereocenters. The molecule has 0 aliphatic carbocycles. The molecule has 3 rings (SSSR count). The molecular formula is C19H25ClN2O4. The van der Waals surface area contributed by atoms with E-state index in [-0.39, 0.29) is 36.8 Å². The summed E-state index contributed by atoms with van der Waals surface area (Å²) >= 11 is 5.86. The van der Waals surface area contributed by atoms with Gasteiger partial charge in [0.1, 0.15) is 0 Å². The molecule has 2 saturated heterocycles. The van der Waals surface area contributed by atoms with E-state index in [1.54, 1.807) is 34.1 Å². The van der Waals surface area contributed by atoms with Crippen molar-refractivity contribution in [2.45, 2.75) is 25.4 Å². The molecule has 2 atom stereocenters. The van der Waals surface area contributed by atoms with Crippen LogP contribution in [0, 0.1) is 11.8 Å². The molecule has 2 aliphatic rings. The number of nitrogens with zero attached hydrogens (tertiary/aromatic N) is 2. The third-order valence-electron chi connectivity index (χ3n) is 5.49. The molecule has 2 heterocycles. The standard InChI is InChI=1S/C19H25ClN2O4/c20-16-3-1-13(2-4-16)18(25)21-8-5-14(6-9-21)19(26)22-10-7-15(12-23)17(24)11-22/h1-4,14-15,17,23-24H,5-12H2/t15-,17+/m1/s1. The molecule has 1 aromatic carbocycles. The van der Waals surface area contributed by atoms with E-state index in [0.29, 0.717) is 49.5 Å². The summed E-state index contributed by atoms with van der Waals surface area (Å²) in [5.41, 5.74) is 0.605. The molecule has 6 nitrogen and oxygen atoms in total. The van der Waals surface area contributed by atoms with Gasteiger partial charge in [0.15, 0.2) is 0 Å². The minimum absolute atomic E-state index is 0.0354. The lowest BCUT2D eigenvalue weighted by atomic mass is 9.91. The van der Waals surface area contributed by atoms with Crippen LogP contribution in [0.15, 0.2) is 24.3 Å². The molecule has 2 amide bonds. The van der Waals surface area contributed by atoms with E-state index in [4.69, 9.17) is 11.6 Å². The number of hydrogen-bond donors (Lipinski definition) is 2.